The van der Waals surface area contributed by atoms with Gasteiger partial charge in [0.2, 0.25) is 0 Å². The molecule has 0 aliphatic rings. The molecule has 2 heterocycles. The van der Waals surface area contributed by atoms with E-state index in [0.29, 0.717) is 16.9 Å². The van der Waals surface area contributed by atoms with Crippen LogP contribution in [0.2, 0.25) is 0 Å². The van der Waals surface area contributed by atoms with Crippen molar-refractivity contribution in [3.8, 4) is 27.9 Å². The SMILES string of the molecule is CN(C(=O)O)c1cc(-c2ccc(F)cc2F)cc(-n2cnc3cc(-c4cnn(C)c4)ccc32)c1. The zero-order valence-electron chi connectivity index (χ0n) is 18.3. The van der Waals surface area contributed by atoms with Crippen LogP contribution in [0.25, 0.3) is 39.0 Å². The predicted molar refractivity (Wildman–Crippen MR) is 125 cm³/mol. The van der Waals surface area contributed by atoms with Crippen LogP contribution in [-0.4, -0.2) is 37.6 Å². The monoisotopic (exact) mass is 459 g/mol. The molecule has 5 aromatic rings. The lowest BCUT2D eigenvalue weighted by molar-refractivity contribution is 0.203. The number of carbonyl (C=O) groups is 1. The average Bonchev–Trinajstić information content (AvgIpc) is 3.44. The summed E-state index contributed by atoms with van der Waals surface area (Å²) in [5.41, 5.74) is 4.91. The van der Waals surface area contributed by atoms with Gasteiger partial charge < -0.3 is 5.11 Å². The first-order chi connectivity index (χ1) is 16.3. The minimum Gasteiger partial charge on any atom is -0.465 e. The molecule has 1 N–H and O–H groups in total. The molecule has 2 aromatic heterocycles. The summed E-state index contributed by atoms with van der Waals surface area (Å²) in [6.45, 7) is 0. The molecular weight excluding hydrogens is 440 g/mol. The zero-order chi connectivity index (χ0) is 24.0. The summed E-state index contributed by atoms with van der Waals surface area (Å²) in [4.78, 5) is 17.2. The van der Waals surface area contributed by atoms with E-state index >= 15 is 0 Å². The van der Waals surface area contributed by atoms with Crippen molar-refractivity contribution in [1.29, 1.82) is 0 Å². The summed E-state index contributed by atoms with van der Waals surface area (Å²) in [5, 5.41) is 13.7. The van der Waals surface area contributed by atoms with Gasteiger partial charge in [-0.3, -0.25) is 14.1 Å². The molecule has 0 aliphatic carbocycles. The summed E-state index contributed by atoms with van der Waals surface area (Å²) in [7, 11) is 3.25. The normalized spacial score (nSPS) is 11.2. The molecule has 0 spiro atoms. The van der Waals surface area contributed by atoms with Crippen molar-refractivity contribution in [2.45, 2.75) is 0 Å². The van der Waals surface area contributed by atoms with Crippen molar-refractivity contribution >= 4 is 22.8 Å². The van der Waals surface area contributed by atoms with Gasteiger partial charge in [-0.2, -0.15) is 5.10 Å². The number of anilines is 1. The molecule has 0 fully saturated rings. The molecule has 0 saturated carbocycles. The van der Waals surface area contributed by atoms with Crippen LogP contribution in [0.4, 0.5) is 19.3 Å². The van der Waals surface area contributed by atoms with Crippen LogP contribution in [0.5, 0.6) is 0 Å². The summed E-state index contributed by atoms with van der Waals surface area (Å²) in [5.74, 6) is -1.43. The molecule has 0 aliphatic heterocycles. The Morgan fingerprint density at radius 1 is 1.00 bits per heavy atom. The highest BCUT2D eigenvalue weighted by Gasteiger charge is 2.16. The van der Waals surface area contributed by atoms with Crippen LogP contribution in [-0.2, 0) is 7.05 Å². The molecule has 7 nitrogen and oxygen atoms in total. The van der Waals surface area contributed by atoms with Crippen LogP contribution < -0.4 is 4.90 Å². The predicted octanol–water partition coefficient (Wildman–Crippen LogP) is 5.49. The third-order valence-corrected chi connectivity index (χ3v) is 5.68. The Morgan fingerprint density at radius 3 is 2.53 bits per heavy atom. The molecule has 5 rings (SSSR count). The summed E-state index contributed by atoms with van der Waals surface area (Å²) < 4.78 is 31.6. The van der Waals surface area contributed by atoms with Gasteiger partial charge >= 0.3 is 6.09 Å². The van der Waals surface area contributed by atoms with Crippen molar-refractivity contribution < 1.29 is 18.7 Å². The summed E-state index contributed by atoms with van der Waals surface area (Å²) in [6, 6.07) is 14.0. The Labute approximate surface area is 193 Å². The number of hydrogen-bond donors (Lipinski definition) is 1. The molecule has 3 aromatic carbocycles. The topological polar surface area (TPSA) is 76.2 Å². The number of rotatable bonds is 4. The first kappa shape index (κ1) is 21.3. The van der Waals surface area contributed by atoms with E-state index in [-0.39, 0.29) is 5.56 Å². The van der Waals surface area contributed by atoms with Crippen LogP contribution in [0, 0.1) is 11.6 Å². The highest BCUT2D eigenvalue weighted by molar-refractivity contribution is 5.89. The van der Waals surface area contributed by atoms with Gasteiger partial charge in [-0.1, -0.05) is 6.07 Å². The minimum atomic E-state index is -1.17. The number of halogens is 2. The van der Waals surface area contributed by atoms with Crippen LogP contribution in [0.1, 0.15) is 0 Å². The third kappa shape index (κ3) is 3.77. The van der Waals surface area contributed by atoms with Gasteiger partial charge in [0.25, 0.3) is 0 Å². The molecule has 0 unspecified atom stereocenters. The van der Waals surface area contributed by atoms with E-state index in [1.807, 2.05) is 31.4 Å². The largest absolute Gasteiger partial charge is 0.465 e. The first-order valence-corrected chi connectivity index (χ1v) is 10.3. The lowest BCUT2D eigenvalue weighted by Crippen LogP contribution is -2.23. The van der Waals surface area contributed by atoms with Crippen LogP contribution in [0.3, 0.4) is 0 Å². The number of carboxylic acid groups (broad SMARTS) is 1. The van der Waals surface area contributed by atoms with Gasteiger partial charge in [0.05, 0.1) is 17.2 Å². The van der Waals surface area contributed by atoms with Gasteiger partial charge in [-0.05, 0) is 53.6 Å². The highest BCUT2D eigenvalue weighted by Crippen LogP contribution is 2.32. The number of fused-ring (bicyclic) bond motifs is 1. The van der Waals surface area contributed by atoms with E-state index in [0.717, 1.165) is 39.2 Å². The lowest BCUT2D eigenvalue weighted by atomic mass is 10.0. The van der Waals surface area contributed by atoms with E-state index in [2.05, 4.69) is 10.1 Å². The van der Waals surface area contributed by atoms with Crippen molar-refractivity contribution in [3.05, 3.63) is 85.0 Å². The van der Waals surface area contributed by atoms with Gasteiger partial charge in [0, 0.05) is 48.9 Å². The number of hydrogen-bond acceptors (Lipinski definition) is 3. The fraction of sp³-hybridized carbons (Fsp3) is 0.0800. The second-order valence-corrected chi connectivity index (χ2v) is 7.92. The average molecular weight is 459 g/mol. The fourth-order valence-corrected chi connectivity index (χ4v) is 3.89. The molecule has 0 saturated heterocycles. The maximum Gasteiger partial charge on any atom is 0.411 e. The molecule has 0 atom stereocenters. The van der Waals surface area contributed by atoms with Gasteiger partial charge in [0.1, 0.15) is 18.0 Å². The Bertz CT molecular complexity index is 1560. The Morgan fingerprint density at radius 2 is 1.82 bits per heavy atom. The minimum absolute atomic E-state index is 0.159. The zero-order valence-corrected chi connectivity index (χ0v) is 18.3. The van der Waals surface area contributed by atoms with Crippen molar-refractivity contribution in [2.75, 3.05) is 11.9 Å². The Kier molecular flexibility index (Phi) is 5.09. The third-order valence-electron chi connectivity index (χ3n) is 5.68. The van der Waals surface area contributed by atoms with Crippen LogP contribution >= 0.6 is 0 Å². The maximum absolute atomic E-state index is 14.6. The molecule has 34 heavy (non-hydrogen) atoms. The fourth-order valence-electron chi connectivity index (χ4n) is 3.89. The standard InChI is InChI=1S/C25H19F2N5O2/c1-30-13-17(12-29-30)15-3-6-24-23(9-15)28-14-32(24)20-8-16(7-19(11-20)31(2)25(33)34)21-5-4-18(26)10-22(21)27/h3-14H,1-2H3,(H,33,34). The van der Waals surface area contributed by atoms with E-state index in [1.165, 1.54) is 13.1 Å². The molecular formula is C25H19F2N5O2. The first-order valence-electron chi connectivity index (χ1n) is 10.3. The molecule has 170 valence electrons. The summed E-state index contributed by atoms with van der Waals surface area (Å²) in [6.07, 6.45) is 4.14. The number of aromatic nitrogens is 4. The van der Waals surface area contributed by atoms with Crippen molar-refractivity contribution in [1.82, 2.24) is 19.3 Å². The highest BCUT2D eigenvalue weighted by atomic mass is 19.1. The molecule has 0 bridgehead atoms. The lowest BCUT2D eigenvalue weighted by Gasteiger charge is -2.17. The Balaban J connectivity index is 1.66. The second kappa shape index (κ2) is 8.11. The van der Waals surface area contributed by atoms with E-state index in [9.17, 15) is 18.7 Å². The van der Waals surface area contributed by atoms with E-state index in [1.54, 1.807) is 40.0 Å². The quantitative estimate of drug-likeness (QED) is 0.386. The van der Waals surface area contributed by atoms with Crippen LogP contribution in [0.15, 0.2) is 73.3 Å². The molecule has 1 amide bonds. The summed E-state index contributed by atoms with van der Waals surface area (Å²) >= 11 is 0. The smallest absolute Gasteiger partial charge is 0.411 e. The number of amides is 1. The number of aryl methyl sites for hydroxylation is 1. The van der Waals surface area contributed by atoms with E-state index < -0.39 is 17.7 Å². The maximum atomic E-state index is 14.6. The van der Waals surface area contributed by atoms with Crippen molar-refractivity contribution in [3.63, 3.8) is 0 Å². The van der Waals surface area contributed by atoms with Gasteiger partial charge in [-0.15, -0.1) is 0 Å². The Hall–Kier alpha value is -4.53. The second-order valence-electron chi connectivity index (χ2n) is 7.92. The number of imidazole rings is 1. The number of nitrogens with zero attached hydrogens (tertiary/aromatic N) is 5. The van der Waals surface area contributed by atoms with E-state index in [4.69, 9.17) is 0 Å². The van der Waals surface area contributed by atoms with Crippen molar-refractivity contribution in [2.24, 2.45) is 7.05 Å². The van der Waals surface area contributed by atoms with Gasteiger partial charge in [-0.25, -0.2) is 18.6 Å². The molecule has 0 radical (unpaired) electrons. The van der Waals surface area contributed by atoms with Gasteiger partial charge in [0.15, 0.2) is 0 Å². The molecule has 9 heteroatoms. The number of benzene rings is 3.